The molecule has 182 valence electrons. The first kappa shape index (κ1) is 24.8. The highest BCUT2D eigenvalue weighted by Crippen LogP contribution is 2.34. The molecule has 0 aliphatic carbocycles. The summed E-state index contributed by atoms with van der Waals surface area (Å²) in [6.07, 6.45) is 2.36. The number of rotatable bonds is 5. The summed E-state index contributed by atoms with van der Waals surface area (Å²) in [5, 5.41) is 6.68. The first-order valence-electron chi connectivity index (χ1n) is 10.8. The predicted molar refractivity (Wildman–Crippen MR) is 129 cm³/mol. The van der Waals surface area contributed by atoms with Gasteiger partial charge in [-0.05, 0) is 48.6 Å². The van der Waals surface area contributed by atoms with Crippen LogP contribution in [0.2, 0.25) is 5.02 Å². The van der Waals surface area contributed by atoms with Crippen LogP contribution in [0.5, 0.6) is 0 Å². The van der Waals surface area contributed by atoms with Crippen LogP contribution in [-0.2, 0) is 10.0 Å². The molecule has 0 spiro atoms. The quantitative estimate of drug-likeness (QED) is 0.534. The standard InChI is InChI=1S/C24H22ClFN4O4S/c25-20-21(29-22(31)17-4-2-1-3-5-17)19(14-28-23(20)35(27,33)34)24(32)30-12-10-16(11-13-30)15-6-8-18(26)9-7-15/h1-9,14,16H,10-13H2,(H2,27,33,34)(H,28,29,31). The van der Waals surface area contributed by atoms with E-state index in [0.29, 0.717) is 25.9 Å². The number of anilines is 1. The molecule has 1 aliphatic rings. The van der Waals surface area contributed by atoms with Gasteiger partial charge in [-0.25, -0.2) is 22.9 Å². The van der Waals surface area contributed by atoms with Crippen molar-refractivity contribution in [2.45, 2.75) is 23.8 Å². The molecule has 2 amide bonds. The molecule has 0 bridgehead atoms. The SMILES string of the molecule is NS(=O)(=O)c1ncc(C(=O)N2CCC(c3ccc(F)cc3)CC2)c(NC(=O)c2ccccc2)c1Cl. The number of pyridine rings is 1. The van der Waals surface area contributed by atoms with E-state index in [1.54, 1.807) is 47.4 Å². The fourth-order valence-corrected chi connectivity index (χ4v) is 5.12. The Bertz CT molecular complexity index is 1360. The van der Waals surface area contributed by atoms with E-state index < -0.39 is 31.9 Å². The van der Waals surface area contributed by atoms with E-state index in [-0.39, 0.29) is 28.5 Å². The zero-order valence-electron chi connectivity index (χ0n) is 18.4. The van der Waals surface area contributed by atoms with E-state index in [4.69, 9.17) is 16.7 Å². The van der Waals surface area contributed by atoms with Crippen LogP contribution in [0.4, 0.5) is 10.1 Å². The van der Waals surface area contributed by atoms with E-state index in [0.717, 1.165) is 11.8 Å². The lowest BCUT2D eigenvalue weighted by atomic mass is 9.89. The zero-order valence-corrected chi connectivity index (χ0v) is 20.0. The van der Waals surface area contributed by atoms with Crippen LogP contribution >= 0.6 is 11.6 Å². The maximum absolute atomic E-state index is 13.4. The smallest absolute Gasteiger partial charge is 0.257 e. The number of nitrogens with one attached hydrogen (secondary N) is 1. The zero-order chi connectivity index (χ0) is 25.2. The van der Waals surface area contributed by atoms with Crippen molar-refractivity contribution in [1.82, 2.24) is 9.88 Å². The van der Waals surface area contributed by atoms with Crippen LogP contribution in [0.1, 0.15) is 45.0 Å². The summed E-state index contributed by atoms with van der Waals surface area (Å²) in [7, 11) is -4.31. The van der Waals surface area contributed by atoms with Gasteiger partial charge in [0.15, 0.2) is 5.03 Å². The Hall–Kier alpha value is -3.34. The van der Waals surface area contributed by atoms with E-state index in [1.807, 2.05) is 0 Å². The number of nitrogens with zero attached hydrogens (tertiary/aromatic N) is 2. The van der Waals surface area contributed by atoms with Gasteiger partial charge in [-0.2, -0.15) is 0 Å². The molecular weight excluding hydrogens is 495 g/mol. The normalized spacial score (nSPS) is 14.5. The molecule has 1 aromatic heterocycles. The summed E-state index contributed by atoms with van der Waals surface area (Å²) < 4.78 is 37.1. The Morgan fingerprint density at radius 1 is 1.06 bits per heavy atom. The van der Waals surface area contributed by atoms with Crippen molar-refractivity contribution in [3.63, 3.8) is 0 Å². The maximum Gasteiger partial charge on any atom is 0.257 e. The number of nitrogens with two attached hydrogens (primary N) is 1. The molecule has 8 nitrogen and oxygen atoms in total. The van der Waals surface area contributed by atoms with Crippen molar-refractivity contribution in [2.24, 2.45) is 5.14 Å². The third-order valence-electron chi connectivity index (χ3n) is 5.89. The molecule has 3 aromatic rings. The topological polar surface area (TPSA) is 122 Å². The molecule has 4 rings (SSSR count). The molecule has 2 aromatic carbocycles. The monoisotopic (exact) mass is 516 g/mol. The summed E-state index contributed by atoms with van der Waals surface area (Å²) in [6.45, 7) is 0.809. The fourth-order valence-electron chi connectivity index (χ4n) is 4.05. The van der Waals surface area contributed by atoms with Crippen molar-refractivity contribution in [3.8, 4) is 0 Å². The number of carbonyl (C=O) groups is 2. The molecule has 1 aliphatic heterocycles. The van der Waals surface area contributed by atoms with Gasteiger partial charge in [-0.3, -0.25) is 9.59 Å². The lowest BCUT2D eigenvalue weighted by molar-refractivity contribution is 0.0713. The number of hydrogen-bond acceptors (Lipinski definition) is 5. The summed E-state index contributed by atoms with van der Waals surface area (Å²) in [5.74, 6) is -1.17. The number of primary sulfonamides is 1. The molecule has 11 heteroatoms. The van der Waals surface area contributed by atoms with Crippen molar-refractivity contribution in [1.29, 1.82) is 0 Å². The van der Waals surface area contributed by atoms with Crippen LogP contribution in [0.15, 0.2) is 65.8 Å². The number of benzene rings is 2. The van der Waals surface area contributed by atoms with Gasteiger partial charge in [-0.1, -0.05) is 41.9 Å². The fraction of sp³-hybridized carbons (Fsp3) is 0.208. The second-order valence-corrected chi connectivity index (χ2v) is 10.0. The third kappa shape index (κ3) is 5.50. The molecule has 1 fully saturated rings. The first-order chi connectivity index (χ1) is 16.6. The number of amides is 2. The Balaban J connectivity index is 1.60. The lowest BCUT2D eigenvalue weighted by Gasteiger charge is -2.32. The van der Waals surface area contributed by atoms with Gasteiger partial charge in [0, 0.05) is 24.8 Å². The van der Waals surface area contributed by atoms with Crippen LogP contribution in [0.3, 0.4) is 0 Å². The van der Waals surface area contributed by atoms with Crippen LogP contribution in [-0.4, -0.2) is 43.2 Å². The number of halogens is 2. The number of piperidine rings is 1. The summed E-state index contributed by atoms with van der Waals surface area (Å²) in [6, 6.07) is 14.5. The van der Waals surface area contributed by atoms with E-state index >= 15 is 0 Å². The van der Waals surface area contributed by atoms with Gasteiger partial charge >= 0.3 is 0 Å². The van der Waals surface area contributed by atoms with Crippen LogP contribution < -0.4 is 10.5 Å². The lowest BCUT2D eigenvalue weighted by Crippen LogP contribution is -2.38. The molecule has 1 saturated heterocycles. The minimum atomic E-state index is -4.31. The molecule has 0 saturated carbocycles. The number of hydrogen-bond donors (Lipinski definition) is 2. The first-order valence-corrected chi connectivity index (χ1v) is 12.7. The average molecular weight is 517 g/mol. The molecule has 0 unspecified atom stereocenters. The second-order valence-electron chi connectivity index (χ2n) is 8.15. The maximum atomic E-state index is 13.4. The minimum Gasteiger partial charge on any atom is -0.338 e. The number of carbonyl (C=O) groups excluding carboxylic acids is 2. The average Bonchev–Trinajstić information content (AvgIpc) is 2.85. The number of likely N-dealkylation sites (tertiary alicyclic amines) is 1. The van der Waals surface area contributed by atoms with Crippen molar-refractivity contribution in [2.75, 3.05) is 18.4 Å². The van der Waals surface area contributed by atoms with Gasteiger partial charge in [-0.15, -0.1) is 0 Å². The second kappa shape index (κ2) is 10.1. The minimum absolute atomic E-state index is 0.0492. The van der Waals surface area contributed by atoms with Crippen molar-refractivity contribution >= 4 is 39.1 Å². The van der Waals surface area contributed by atoms with Gasteiger partial charge < -0.3 is 10.2 Å². The largest absolute Gasteiger partial charge is 0.338 e. The van der Waals surface area contributed by atoms with Crippen molar-refractivity contribution < 1.29 is 22.4 Å². The molecule has 2 heterocycles. The van der Waals surface area contributed by atoms with Gasteiger partial charge in [0.05, 0.1) is 11.3 Å². The van der Waals surface area contributed by atoms with Gasteiger partial charge in [0.25, 0.3) is 21.8 Å². The van der Waals surface area contributed by atoms with E-state index in [9.17, 15) is 22.4 Å². The van der Waals surface area contributed by atoms with Crippen molar-refractivity contribution in [3.05, 3.63) is 88.3 Å². The summed E-state index contributed by atoms with van der Waals surface area (Å²) >= 11 is 6.29. The highest BCUT2D eigenvalue weighted by molar-refractivity contribution is 7.89. The van der Waals surface area contributed by atoms with Crippen LogP contribution in [0, 0.1) is 5.82 Å². The molecule has 0 atom stereocenters. The highest BCUT2D eigenvalue weighted by atomic mass is 35.5. The molecule has 3 N–H and O–H groups in total. The number of aromatic nitrogens is 1. The van der Waals surface area contributed by atoms with Crippen LogP contribution in [0.25, 0.3) is 0 Å². The third-order valence-corrected chi connectivity index (χ3v) is 7.21. The summed E-state index contributed by atoms with van der Waals surface area (Å²) in [5.41, 5.74) is 1.06. The Labute approximate surface area is 207 Å². The van der Waals surface area contributed by atoms with E-state index in [2.05, 4.69) is 10.3 Å². The Morgan fingerprint density at radius 2 is 1.69 bits per heavy atom. The number of sulfonamides is 1. The highest BCUT2D eigenvalue weighted by Gasteiger charge is 2.30. The molecular formula is C24H22ClFN4O4S. The molecule has 35 heavy (non-hydrogen) atoms. The summed E-state index contributed by atoms with van der Waals surface area (Å²) in [4.78, 5) is 31.5. The predicted octanol–water partition coefficient (Wildman–Crippen LogP) is 3.79. The molecule has 0 radical (unpaired) electrons. The van der Waals surface area contributed by atoms with E-state index in [1.165, 1.54) is 12.1 Å². The van der Waals surface area contributed by atoms with Gasteiger partial charge in [0.1, 0.15) is 10.8 Å². The Kier molecular flexibility index (Phi) is 7.15. The Morgan fingerprint density at radius 3 is 2.29 bits per heavy atom. The van der Waals surface area contributed by atoms with Gasteiger partial charge in [0.2, 0.25) is 0 Å².